The summed E-state index contributed by atoms with van der Waals surface area (Å²) in [6, 6.07) is 9.77. The van der Waals surface area contributed by atoms with Crippen LogP contribution in [-0.4, -0.2) is 17.3 Å². The van der Waals surface area contributed by atoms with Crippen molar-refractivity contribution >= 4 is 0 Å². The summed E-state index contributed by atoms with van der Waals surface area (Å²) in [6.45, 7) is 4.34. The molecule has 0 bridgehead atoms. The number of aliphatic hydroxyl groups is 1. The molecule has 1 aromatic rings. The van der Waals surface area contributed by atoms with Gasteiger partial charge in [0.25, 0.3) is 0 Å². The molecule has 0 aromatic heterocycles. The number of nitrogens with one attached hydrogen (secondary N) is 1. The second-order valence-electron chi connectivity index (χ2n) is 6.79. The predicted molar refractivity (Wildman–Crippen MR) is 78.1 cm³/mol. The van der Waals surface area contributed by atoms with E-state index in [4.69, 9.17) is 0 Å². The number of hydrogen-bond acceptors (Lipinski definition) is 2. The largest absolute Gasteiger partial charge is 0.392 e. The fourth-order valence-electron chi connectivity index (χ4n) is 3.52. The zero-order valence-corrected chi connectivity index (χ0v) is 12.0. The van der Waals surface area contributed by atoms with Crippen LogP contribution in [0.25, 0.3) is 0 Å². The molecule has 0 aliphatic heterocycles. The Balaban J connectivity index is 1.78. The van der Waals surface area contributed by atoms with Crippen LogP contribution < -0.4 is 5.32 Å². The first-order chi connectivity index (χ1) is 9.09. The molecular weight excluding hydrogens is 234 g/mol. The van der Waals surface area contributed by atoms with E-state index in [9.17, 15) is 5.11 Å². The Bertz CT molecular complexity index is 454. The Morgan fingerprint density at radius 2 is 2.00 bits per heavy atom. The van der Waals surface area contributed by atoms with Gasteiger partial charge < -0.3 is 10.4 Å². The number of benzene rings is 1. The summed E-state index contributed by atoms with van der Waals surface area (Å²) >= 11 is 0. The first-order valence-electron chi connectivity index (χ1n) is 7.61. The molecule has 3 atom stereocenters. The van der Waals surface area contributed by atoms with Crippen LogP contribution in [0.4, 0.5) is 0 Å². The zero-order valence-electron chi connectivity index (χ0n) is 12.0. The van der Waals surface area contributed by atoms with Crippen LogP contribution in [0.3, 0.4) is 0 Å². The van der Waals surface area contributed by atoms with Gasteiger partial charge in [0, 0.05) is 17.5 Å². The lowest BCUT2D eigenvalue weighted by Gasteiger charge is -2.51. The van der Waals surface area contributed by atoms with Crippen LogP contribution in [0.15, 0.2) is 24.3 Å². The maximum absolute atomic E-state index is 9.89. The molecule has 104 valence electrons. The molecule has 2 heteroatoms. The van der Waals surface area contributed by atoms with E-state index < -0.39 is 0 Å². The van der Waals surface area contributed by atoms with E-state index in [2.05, 4.69) is 43.4 Å². The van der Waals surface area contributed by atoms with Crippen molar-refractivity contribution < 1.29 is 5.11 Å². The first kappa shape index (κ1) is 13.1. The average molecular weight is 259 g/mol. The van der Waals surface area contributed by atoms with Crippen molar-refractivity contribution in [2.24, 2.45) is 5.41 Å². The van der Waals surface area contributed by atoms with Gasteiger partial charge in [-0.25, -0.2) is 0 Å². The highest BCUT2D eigenvalue weighted by Crippen LogP contribution is 2.42. The second kappa shape index (κ2) is 4.92. The maximum Gasteiger partial charge on any atom is 0.0621 e. The van der Waals surface area contributed by atoms with E-state index in [1.165, 1.54) is 36.8 Å². The summed E-state index contributed by atoms with van der Waals surface area (Å²) in [4.78, 5) is 0. The van der Waals surface area contributed by atoms with E-state index in [1.807, 2.05) is 0 Å². The first-order valence-corrected chi connectivity index (χ1v) is 7.61. The highest BCUT2D eigenvalue weighted by Gasteiger charge is 2.47. The third kappa shape index (κ3) is 2.32. The molecule has 1 saturated carbocycles. The van der Waals surface area contributed by atoms with Crippen LogP contribution in [0.5, 0.6) is 0 Å². The lowest BCUT2D eigenvalue weighted by Crippen LogP contribution is -2.60. The number of fused-ring (bicyclic) bond motifs is 1. The molecule has 19 heavy (non-hydrogen) atoms. The van der Waals surface area contributed by atoms with Gasteiger partial charge in [0.05, 0.1) is 6.10 Å². The molecule has 0 amide bonds. The fraction of sp³-hybridized carbons (Fsp3) is 0.647. The number of aliphatic hydroxyl groups excluding tert-OH is 1. The molecule has 1 fully saturated rings. The molecule has 3 rings (SSSR count). The van der Waals surface area contributed by atoms with Gasteiger partial charge in [0.2, 0.25) is 0 Å². The average Bonchev–Trinajstić information content (AvgIpc) is 2.61. The minimum atomic E-state index is -0.147. The van der Waals surface area contributed by atoms with Crippen LogP contribution in [0.2, 0.25) is 0 Å². The highest BCUT2D eigenvalue weighted by atomic mass is 16.3. The Morgan fingerprint density at radius 1 is 1.21 bits per heavy atom. The van der Waals surface area contributed by atoms with Gasteiger partial charge in [0.1, 0.15) is 0 Å². The molecule has 2 aliphatic rings. The van der Waals surface area contributed by atoms with E-state index in [0.29, 0.717) is 12.1 Å². The zero-order chi connectivity index (χ0) is 13.5. The van der Waals surface area contributed by atoms with Gasteiger partial charge in [-0.15, -0.1) is 0 Å². The number of aryl methyl sites for hydroxylation is 1. The Morgan fingerprint density at radius 3 is 2.74 bits per heavy atom. The van der Waals surface area contributed by atoms with Gasteiger partial charge in [-0.1, -0.05) is 44.5 Å². The minimum Gasteiger partial charge on any atom is -0.392 e. The number of rotatable bonds is 2. The van der Waals surface area contributed by atoms with Crippen molar-refractivity contribution in [2.45, 2.75) is 64.1 Å². The summed E-state index contributed by atoms with van der Waals surface area (Å²) in [6.07, 6.45) is 5.77. The third-order valence-electron chi connectivity index (χ3n) is 5.24. The number of hydrogen-bond donors (Lipinski definition) is 2. The van der Waals surface area contributed by atoms with E-state index >= 15 is 0 Å². The minimum absolute atomic E-state index is 0.0151. The van der Waals surface area contributed by atoms with Gasteiger partial charge in [-0.2, -0.15) is 0 Å². The molecule has 0 saturated heterocycles. The molecule has 2 N–H and O–H groups in total. The maximum atomic E-state index is 9.89. The van der Waals surface area contributed by atoms with Crippen LogP contribution in [0.1, 0.15) is 56.7 Å². The summed E-state index contributed by atoms with van der Waals surface area (Å²) < 4.78 is 0. The summed E-state index contributed by atoms with van der Waals surface area (Å²) in [5, 5.41) is 13.7. The molecule has 0 spiro atoms. The lowest BCUT2D eigenvalue weighted by atomic mass is 9.64. The normalized spacial score (nSPS) is 33.1. The monoisotopic (exact) mass is 259 g/mol. The van der Waals surface area contributed by atoms with Gasteiger partial charge >= 0.3 is 0 Å². The summed E-state index contributed by atoms with van der Waals surface area (Å²) in [5.74, 6) is 0. The molecule has 0 radical (unpaired) electrons. The van der Waals surface area contributed by atoms with Crippen molar-refractivity contribution in [1.29, 1.82) is 0 Å². The third-order valence-corrected chi connectivity index (χ3v) is 5.24. The highest BCUT2D eigenvalue weighted by molar-refractivity contribution is 5.31. The lowest BCUT2D eigenvalue weighted by molar-refractivity contribution is -0.0763. The molecule has 2 nitrogen and oxygen atoms in total. The van der Waals surface area contributed by atoms with Gasteiger partial charge in [-0.3, -0.25) is 0 Å². The smallest absolute Gasteiger partial charge is 0.0621 e. The Hall–Kier alpha value is -0.860. The molecule has 1 aromatic carbocycles. The van der Waals surface area contributed by atoms with Crippen molar-refractivity contribution in [3.63, 3.8) is 0 Å². The molecule has 2 aliphatic carbocycles. The van der Waals surface area contributed by atoms with E-state index in [0.717, 1.165) is 6.42 Å². The van der Waals surface area contributed by atoms with Gasteiger partial charge in [0.15, 0.2) is 0 Å². The van der Waals surface area contributed by atoms with Crippen molar-refractivity contribution in [3.05, 3.63) is 35.4 Å². The Labute approximate surface area is 116 Å². The summed E-state index contributed by atoms with van der Waals surface area (Å²) in [5.41, 5.74) is 3.01. The van der Waals surface area contributed by atoms with Crippen LogP contribution in [-0.2, 0) is 6.42 Å². The fourth-order valence-corrected chi connectivity index (χ4v) is 3.52. The van der Waals surface area contributed by atoms with Crippen molar-refractivity contribution in [3.8, 4) is 0 Å². The topological polar surface area (TPSA) is 32.3 Å². The van der Waals surface area contributed by atoms with E-state index in [-0.39, 0.29) is 11.5 Å². The van der Waals surface area contributed by atoms with Gasteiger partial charge in [-0.05, 0) is 36.8 Å². The van der Waals surface area contributed by atoms with Crippen molar-refractivity contribution in [1.82, 2.24) is 5.32 Å². The molecular formula is C17H25NO. The van der Waals surface area contributed by atoms with Crippen molar-refractivity contribution in [2.75, 3.05) is 0 Å². The second-order valence-corrected chi connectivity index (χ2v) is 6.79. The predicted octanol–water partition coefficient (Wildman–Crippen LogP) is 3.20. The van der Waals surface area contributed by atoms with Crippen LogP contribution in [0, 0.1) is 5.41 Å². The standard InChI is InChI=1S/C17H25NO/c1-17(2)15(11-16(17)19)18-14-10-6-4-8-12-7-3-5-9-13(12)14/h3,5,7,9,14-16,18-19H,4,6,8,10-11H2,1-2H3. The Kier molecular flexibility index (Phi) is 3.40. The van der Waals surface area contributed by atoms with E-state index in [1.54, 1.807) is 0 Å². The summed E-state index contributed by atoms with van der Waals surface area (Å²) in [7, 11) is 0. The quantitative estimate of drug-likeness (QED) is 0.799. The van der Waals surface area contributed by atoms with Crippen LogP contribution >= 0.6 is 0 Å². The molecule has 0 heterocycles. The molecule has 3 unspecified atom stereocenters. The SMILES string of the molecule is CC1(C)C(O)CC1NC1CCCCc2ccccc21.